The van der Waals surface area contributed by atoms with Crippen LogP contribution in [0.3, 0.4) is 0 Å². The molecule has 1 amide bonds. The summed E-state index contributed by atoms with van der Waals surface area (Å²) >= 11 is 0. The van der Waals surface area contributed by atoms with Gasteiger partial charge in [-0.3, -0.25) is 0 Å². The van der Waals surface area contributed by atoms with Crippen LogP contribution >= 0.6 is 0 Å². The van der Waals surface area contributed by atoms with Gasteiger partial charge in [-0.15, -0.1) is 0 Å². The van der Waals surface area contributed by atoms with E-state index in [2.05, 4.69) is 0 Å². The topological polar surface area (TPSA) is 53.3 Å². The van der Waals surface area contributed by atoms with Gasteiger partial charge in [0.1, 0.15) is 5.60 Å². The predicted molar refractivity (Wildman–Crippen MR) is 56.5 cm³/mol. The molecule has 96 valence electrons. The summed E-state index contributed by atoms with van der Waals surface area (Å²) in [5.74, 6) is -3.86. The maximum atomic E-state index is 13.3. The van der Waals surface area contributed by atoms with Crippen LogP contribution in [0.15, 0.2) is 0 Å². The smallest absolute Gasteiger partial charge is 0.410 e. The summed E-state index contributed by atoms with van der Waals surface area (Å²) in [6.45, 7) is 4.30. The van der Waals surface area contributed by atoms with E-state index < -0.39 is 36.5 Å². The molecule has 0 saturated carbocycles. The second-order valence-electron chi connectivity index (χ2n) is 5.25. The minimum Gasteiger partial charge on any atom is -0.444 e. The molecule has 1 atom stereocenters. The van der Waals surface area contributed by atoms with Crippen LogP contribution in [0.1, 0.15) is 27.2 Å². The Balaban J connectivity index is 2.71. The van der Waals surface area contributed by atoms with Crippen molar-refractivity contribution in [2.24, 2.45) is 5.92 Å². The SMILES string of the molecule is CC(C)(C)OC(=O)N1CC(C#N)CC(F)(F)C1. The number of amides is 1. The van der Waals surface area contributed by atoms with Crippen LogP contribution in [0.4, 0.5) is 13.6 Å². The molecule has 4 nitrogen and oxygen atoms in total. The lowest BCUT2D eigenvalue weighted by molar-refractivity contribution is -0.0790. The fourth-order valence-electron chi connectivity index (χ4n) is 1.65. The summed E-state index contributed by atoms with van der Waals surface area (Å²) < 4.78 is 31.6. The van der Waals surface area contributed by atoms with Crippen molar-refractivity contribution < 1.29 is 18.3 Å². The van der Waals surface area contributed by atoms with Gasteiger partial charge in [-0.1, -0.05) is 0 Å². The van der Waals surface area contributed by atoms with Crippen molar-refractivity contribution in [1.29, 1.82) is 5.26 Å². The fourth-order valence-corrected chi connectivity index (χ4v) is 1.65. The van der Waals surface area contributed by atoms with Gasteiger partial charge >= 0.3 is 6.09 Å². The van der Waals surface area contributed by atoms with E-state index in [1.54, 1.807) is 26.8 Å². The molecule has 1 saturated heterocycles. The molecular weight excluding hydrogens is 230 g/mol. The number of hydrogen-bond acceptors (Lipinski definition) is 3. The van der Waals surface area contributed by atoms with E-state index in [0.29, 0.717) is 0 Å². The summed E-state index contributed by atoms with van der Waals surface area (Å²) in [5.41, 5.74) is -0.730. The molecule has 0 spiro atoms. The monoisotopic (exact) mass is 246 g/mol. The molecule has 17 heavy (non-hydrogen) atoms. The van der Waals surface area contributed by atoms with Gasteiger partial charge in [-0.05, 0) is 20.8 Å². The first kappa shape index (κ1) is 13.7. The number of nitriles is 1. The molecule has 1 unspecified atom stereocenters. The average molecular weight is 246 g/mol. The zero-order valence-electron chi connectivity index (χ0n) is 10.2. The first-order chi connectivity index (χ1) is 7.63. The zero-order chi connectivity index (χ0) is 13.3. The van der Waals surface area contributed by atoms with E-state index in [0.717, 1.165) is 4.90 Å². The highest BCUT2D eigenvalue weighted by Crippen LogP contribution is 2.30. The Labute approximate surface area is 99.1 Å². The van der Waals surface area contributed by atoms with Crippen molar-refractivity contribution in [1.82, 2.24) is 4.90 Å². The van der Waals surface area contributed by atoms with E-state index >= 15 is 0 Å². The molecular formula is C11H16F2N2O2. The van der Waals surface area contributed by atoms with Gasteiger partial charge < -0.3 is 9.64 Å². The molecule has 6 heteroatoms. The number of piperidine rings is 1. The number of nitrogens with zero attached hydrogens (tertiary/aromatic N) is 2. The molecule has 0 radical (unpaired) electrons. The molecule has 0 aromatic heterocycles. The van der Waals surface area contributed by atoms with Gasteiger partial charge in [0.05, 0.1) is 18.5 Å². The number of likely N-dealkylation sites (tertiary alicyclic amines) is 1. The van der Waals surface area contributed by atoms with Crippen LogP contribution in [0.25, 0.3) is 0 Å². The highest BCUT2D eigenvalue weighted by Gasteiger charge is 2.43. The van der Waals surface area contributed by atoms with Crippen LogP contribution < -0.4 is 0 Å². The van der Waals surface area contributed by atoms with Crippen molar-refractivity contribution >= 4 is 6.09 Å². The fraction of sp³-hybridized carbons (Fsp3) is 0.818. The summed E-state index contributed by atoms with van der Waals surface area (Å²) in [6, 6.07) is 1.78. The maximum absolute atomic E-state index is 13.3. The third-order valence-corrected chi connectivity index (χ3v) is 2.24. The molecule has 1 fully saturated rings. The van der Waals surface area contributed by atoms with Gasteiger partial charge in [-0.2, -0.15) is 5.26 Å². The Bertz CT molecular complexity index is 344. The van der Waals surface area contributed by atoms with Crippen molar-refractivity contribution in [2.45, 2.75) is 38.7 Å². The third kappa shape index (κ3) is 4.17. The van der Waals surface area contributed by atoms with Crippen molar-refractivity contribution in [3.05, 3.63) is 0 Å². The minimum absolute atomic E-state index is 0.000995. The summed E-state index contributed by atoms with van der Waals surface area (Å²) in [6.07, 6.45) is -1.29. The number of carbonyl (C=O) groups is 1. The lowest BCUT2D eigenvalue weighted by Crippen LogP contribution is -2.50. The normalized spacial score (nSPS) is 24.0. The molecule has 0 aliphatic carbocycles. The predicted octanol–water partition coefficient (Wildman–Crippen LogP) is 2.40. The highest BCUT2D eigenvalue weighted by molar-refractivity contribution is 5.68. The molecule has 0 N–H and O–H groups in total. The van der Waals surface area contributed by atoms with E-state index in [1.807, 2.05) is 0 Å². The van der Waals surface area contributed by atoms with Gasteiger partial charge in [0, 0.05) is 13.0 Å². The van der Waals surface area contributed by atoms with Gasteiger partial charge in [0.25, 0.3) is 5.92 Å². The first-order valence-corrected chi connectivity index (χ1v) is 5.38. The Morgan fingerprint density at radius 2 is 2.12 bits per heavy atom. The van der Waals surface area contributed by atoms with E-state index in [9.17, 15) is 13.6 Å². The second-order valence-corrected chi connectivity index (χ2v) is 5.25. The van der Waals surface area contributed by atoms with Crippen LogP contribution in [0.2, 0.25) is 0 Å². The van der Waals surface area contributed by atoms with Crippen molar-refractivity contribution in [3.63, 3.8) is 0 Å². The Morgan fingerprint density at radius 1 is 1.53 bits per heavy atom. The van der Waals surface area contributed by atoms with Gasteiger partial charge in [0.2, 0.25) is 0 Å². The molecule has 1 aliphatic rings. The largest absolute Gasteiger partial charge is 0.444 e. The molecule has 1 rings (SSSR count). The number of halogens is 2. The Kier molecular flexibility index (Phi) is 3.60. The number of rotatable bonds is 0. The van der Waals surface area contributed by atoms with Crippen molar-refractivity contribution in [3.8, 4) is 6.07 Å². The zero-order valence-corrected chi connectivity index (χ0v) is 10.2. The molecule has 1 heterocycles. The maximum Gasteiger partial charge on any atom is 0.410 e. The van der Waals surface area contributed by atoms with E-state index in [4.69, 9.17) is 10.00 Å². The highest BCUT2D eigenvalue weighted by atomic mass is 19.3. The van der Waals surface area contributed by atoms with E-state index in [-0.39, 0.29) is 6.54 Å². The third-order valence-electron chi connectivity index (χ3n) is 2.24. The quantitative estimate of drug-likeness (QED) is 0.659. The number of hydrogen-bond donors (Lipinski definition) is 0. The lowest BCUT2D eigenvalue weighted by Gasteiger charge is -2.35. The summed E-state index contributed by atoms with van der Waals surface area (Å²) in [7, 11) is 0. The number of ether oxygens (including phenoxy) is 1. The minimum atomic E-state index is -3.02. The molecule has 0 aromatic rings. The van der Waals surface area contributed by atoms with Crippen LogP contribution in [-0.4, -0.2) is 35.6 Å². The standard InChI is InChI=1S/C11H16F2N2O2/c1-10(2,3)17-9(16)15-6-8(5-14)4-11(12,13)7-15/h8H,4,6-7H2,1-3H3. The first-order valence-electron chi connectivity index (χ1n) is 5.38. The van der Waals surface area contributed by atoms with Crippen LogP contribution in [-0.2, 0) is 4.74 Å². The number of alkyl halides is 2. The Hall–Kier alpha value is -1.38. The van der Waals surface area contributed by atoms with E-state index in [1.165, 1.54) is 0 Å². The summed E-state index contributed by atoms with van der Waals surface area (Å²) in [4.78, 5) is 12.5. The van der Waals surface area contributed by atoms with Gasteiger partial charge in [0.15, 0.2) is 0 Å². The van der Waals surface area contributed by atoms with Crippen molar-refractivity contribution in [2.75, 3.05) is 13.1 Å². The molecule has 0 aromatic carbocycles. The van der Waals surface area contributed by atoms with Gasteiger partial charge in [-0.25, -0.2) is 13.6 Å². The lowest BCUT2D eigenvalue weighted by atomic mass is 9.97. The Morgan fingerprint density at radius 3 is 2.59 bits per heavy atom. The number of carbonyl (C=O) groups excluding carboxylic acids is 1. The van der Waals surface area contributed by atoms with Crippen LogP contribution in [0, 0.1) is 17.2 Å². The second kappa shape index (κ2) is 4.47. The molecule has 1 aliphatic heterocycles. The molecule has 0 bridgehead atoms. The average Bonchev–Trinajstić information content (AvgIpc) is 2.12. The van der Waals surface area contributed by atoms with Crippen LogP contribution in [0.5, 0.6) is 0 Å². The summed E-state index contributed by atoms with van der Waals surface area (Å²) in [5, 5.41) is 8.69.